The Morgan fingerprint density at radius 3 is 2.50 bits per heavy atom. The lowest BCUT2D eigenvalue weighted by Crippen LogP contribution is -2.46. The Balaban J connectivity index is 0.00000338. The largest absolute Gasteiger partial charge is 0.355 e. The zero-order valence-corrected chi connectivity index (χ0v) is 18.9. The minimum absolute atomic E-state index is 0. The molecule has 0 saturated carbocycles. The molecule has 1 aromatic rings. The molecule has 0 bridgehead atoms. The van der Waals surface area contributed by atoms with E-state index in [1.165, 1.54) is 37.9 Å². The first-order valence-corrected chi connectivity index (χ1v) is 9.60. The van der Waals surface area contributed by atoms with Gasteiger partial charge in [0.15, 0.2) is 5.96 Å². The average molecular weight is 473 g/mol. The van der Waals surface area contributed by atoms with Crippen molar-refractivity contribution in [3.63, 3.8) is 0 Å². The highest BCUT2D eigenvalue weighted by Crippen LogP contribution is 2.07. The highest BCUT2D eigenvalue weighted by atomic mass is 127. The molecule has 0 aromatic heterocycles. The van der Waals surface area contributed by atoms with Crippen molar-refractivity contribution in [2.75, 3.05) is 46.8 Å². The number of likely N-dealkylation sites (N-methyl/N-ethyl adjacent to an activating group) is 1. The number of nitrogens with one attached hydrogen (secondary N) is 2. The molecular formula is C20H36IN5. The van der Waals surface area contributed by atoms with Crippen molar-refractivity contribution in [1.29, 1.82) is 0 Å². The van der Waals surface area contributed by atoms with Gasteiger partial charge in [-0.1, -0.05) is 36.8 Å². The van der Waals surface area contributed by atoms with Gasteiger partial charge in [0.2, 0.25) is 0 Å². The van der Waals surface area contributed by atoms with Gasteiger partial charge in [-0.2, -0.15) is 0 Å². The van der Waals surface area contributed by atoms with E-state index in [1.54, 1.807) is 0 Å². The minimum atomic E-state index is 0. The summed E-state index contributed by atoms with van der Waals surface area (Å²) in [5.74, 6) is 0.900. The zero-order valence-electron chi connectivity index (χ0n) is 16.6. The molecule has 0 aliphatic carbocycles. The Kier molecular flexibility index (Phi) is 11.9. The number of hydrogen-bond donors (Lipinski definition) is 2. The molecule has 2 N–H and O–H groups in total. The molecule has 1 saturated heterocycles. The van der Waals surface area contributed by atoms with Crippen LogP contribution in [0.5, 0.6) is 0 Å². The molecule has 0 radical (unpaired) electrons. The predicted molar refractivity (Wildman–Crippen MR) is 122 cm³/mol. The third-order valence-electron chi connectivity index (χ3n) is 4.98. The van der Waals surface area contributed by atoms with Gasteiger partial charge in [0.05, 0.1) is 0 Å². The van der Waals surface area contributed by atoms with E-state index in [-0.39, 0.29) is 24.0 Å². The Morgan fingerprint density at radius 2 is 1.85 bits per heavy atom. The molecule has 5 nitrogen and oxygen atoms in total. The predicted octanol–water partition coefficient (Wildman–Crippen LogP) is 2.78. The maximum Gasteiger partial charge on any atom is 0.191 e. The second kappa shape index (κ2) is 13.3. The molecule has 0 spiro atoms. The Bertz CT molecular complexity index is 502. The summed E-state index contributed by atoms with van der Waals surface area (Å²) < 4.78 is 0. The second-order valence-electron chi connectivity index (χ2n) is 7.03. The summed E-state index contributed by atoms with van der Waals surface area (Å²) in [5, 5.41) is 6.89. The van der Waals surface area contributed by atoms with Gasteiger partial charge in [-0.15, -0.1) is 24.0 Å². The maximum absolute atomic E-state index is 4.34. The maximum atomic E-state index is 4.34. The van der Waals surface area contributed by atoms with Crippen molar-refractivity contribution in [3.05, 3.63) is 35.9 Å². The van der Waals surface area contributed by atoms with Crippen LogP contribution in [0.15, 0.2) is 35.3 Å². The van der Waals surface area contributed by atoms with E-state index >= 15 is 0 Å². The van der Waals surface area contributed by atoms with Crippen molar-refractivity contribution in [3.8, 4) is 0 Å². The number of aliphatic imine (C=N–C) groups is 1. The molecule has 26 heavy (non-hydrogen) atoms. The van der Waals surface area contributed by atoms with Gasteiger partial charge in [0.25, 0.3) is 0 Å². The normalized spacial score (nSPS) is 16.8. The van der Waals surface area contributed by atoms with Crippen molar-refractivity contribution < 1.29 is 0 Å². The van der Waals surface area contributed by atoms with E-state index in [4.69, 9.17) is 0 Å². The number of rotatable bonds is 8. The number of piperidine rings is 1. The first kappa shape index (κ1) is 23.2. The fraction of sp³-hybridized carbons (Fsp3) is 0.650. The minimum Gasteiger partial charge on any atom is -0.355 e. The molecule has 1 unspecified atom stereocenters. The average Bonchev–Trinajstić information content (AvgIpc) is 2.65. The zero-order chi connectivity index (χ0) is 17.9. The van der Waals surface area contributed by atoms with Crippen LogP contribution in [-0.4, -0.2) is 68.6 Å². The lowest BCUT2D eigenvalue weighted by atomic mass is 10.1. The number of nitrogens with zero attached hydrogens (tertiary/aromatic N) is 3. The highest BCUT2D eigenvalue weighted by Gasteiger charge is 2.11. The van der Waals surface area contributed by atoms with Crippen LogP contribution in [0.25, 0.3) is 0 Å². The monoisotopic (exact) mass is 473 g/mol. The van der Waals surface area contributed by atoms with E-state index in [2.05, 4.69) is 69.7 Å². The van der Waals surface area contributed by atoms with Gasteiger partial charge in [-0.25, -0.2) is 0 Å². The molecule has 148 valence electrons. The summed E-state index contributed by atoms with van der Waals surface area (Å²) >= 11 is 0. The van der Waals surface area contributed by atoms with Crippen LogP contribution in [0.2, 0.25) is 0 Å². The lowest BCUT2D eigenvalue weighted by Gasteiger charge is -2.27. The summed E-state index contributed by atoms with van der Waals surface area (Å²) in [5.41, 5.74) is 1.35. The van der Waals surface area contributed by atoms with Gasteiger partial charge < -0.3 is 15.5 Å². The molecule has 0 amide bonds. The summed E-state index contributed by atoms with van der Waals surface area (Å²) in [7, 11) is 4.01. The van der Waals surface area contributed by atoms with Gasteiger partial charge >= 0.3 is 0 Å². The number of likely N-dealkylation sites (tertiary alicyclic amines) is 1. The Labute approximate surface area is 176 Å². The van der Waals surface area contributed by atoms with Crippen LogP contribution in [0.3, 0.4) is 0 Å². The van der Waals surface area contributed by atoms with Crippen LogP contribution in [0.1, 0.15) is 31.7 Å². The Morgan fingerprint density at radius 1 is 1.15 bits per heavy atom. The third kappa shape index (κ3) is 8.68. The van der Waals surface area contributed by atoms with E-state index in [1.807, 2.05) is 7.05 Å². The van der Waals surface area contributed by atoms with E-state index in [0.717, 1.165) is 32.1 Å². The fourth-order valence-electron chi connectivity index (χ4n) is 3.16. The quantitative estimate of drug-likeness (QED) is 0.346. The van der Waals surface area contributed by atoms with Crippen LogP contribution >= 0.6 is 24.0 Å². The van der Waals surface area contributed by atoms with Crippen LogP contribution in [0.4, 0.5) is 0 Å². The number of benzene rings is 1. The molecular weight excluding hydrogens is 437 g/mol. The van der Waals surface area contributed by atoms with E-state index < -0.39 is 0 Å². The fourth-order valence-corrected chi connectivity index (χ4v) is 3.16. The third-order valence-corrected chi connectivity index (χ3v) is 4.98. The second-order valence-corrected chi connectivity index (χ2v) is 7.03. The number of hydrogen-bond acceptors (Lipinski definition) is 3. The number of halogens is 1. The summed E-state index contributed by atoms with van der Waals surface area (Å²) in [6.07, 6.45) is 4.08. The highest BCUT2D eigenvalue weighted by molar-refractivity contribution is 14.0. The van der Waals surface area contributed by atoms with Crippen LogP contribution in [-0.2, 0) is 6.54 Å². The molecule has 1 fully saturated rings. The van der Waals surface area contributed by atoms with E-state index in [9.17, 15) is 0 Å². The molecule has 1 aliphatic rings. The topological polar surface area (TPSA) is 42.9 Å². The first-order chi connectivity index (χ1) is 12.2. The van der Waals surface area contributed by atoms with Crippen molar-refractivity contribution in [2.45, 2.75) is 38.8 Å². The SMILES string of the molecule is CN=C(NCCN1CCCCC1)NCC(C)N(C)Cc1ccccc1.I. The van der Waals surface area contributed by atoms with Crippen molar-refractivity contribution in [1.82, 2.24) is 20.4 Å². The molecule has 1 atom stereocenters. The molecule has 1 heterocycles. The van der Waals surface area contributed by atoms with E-state index in [0.29, 0.717) is 6.04 Å². The molecule has 1 aliphatic heterocycles. The smallest absolute Gasteiger partial charge is 0.191 e. The Hall–Kier alpha value is -0.860. The number of guanidine groups is 1. The van der Waals surface area contributed by atoms with Crippen molar-refractivity contribution >= 4 is 29.9 Å². The first-order valence-electron chi connectivity index (χ1n) is 9.60. The summed E-state index contributed by atoms with van der Waals surface area (Å²) in [6.45, 7) is 8.64. The summed E-state index contributed by atoms with van der Waals surface area (Å²) in [4.78, 5) is 9.25. The van der Waals surface area contributed by atoms with Gasteiger partial charge in [0, 0.05) is 39.3 Å². The molecule has 6 heteroatoms. The van der Waals surface area contributed by atoms with Crippen LogP contribution < -0.4 is 10.6 Å². The van der Waals surface area contributed by atoms with Gasteiger partial charge in [0.1, 0.15) is 0 Å². The molecule has 1 aromatic carbocycles. The lowest BCUT2D eigenvalue weighted by molar-refractivity contribution is 0.232. The van der Waals surface area contributed by atoms with Gasteiger partial charge in [-0.05, 0) is 45.5 Å². The standard InChI is InChI=1S/C20H35N5.HI/c1-18(24(3)17-19-10-6-4-7-11-19)16-23-20(21-2)22-12-15-25-13-8-5-9-14-25;/h4,6-7,10-11,18H,5,8-9,12-17H2,1-3H3,(H2,21,22,23);1H. The molecule has 2 rings (SSSR count). The summed E-state index contributed by atoms with van der Waals surface area (Å²) in [6, 6.07) is 11.0. The van der Waals surface area contributed by atoms with Crippen molar-refractivity contribution in [2.24, 2.45) is 4.99 Å². The van der Waals surface area contributed by atoms with Crippen LogP contribution in [0, 0.1) is 0 Å². The van der Waals surface area contributed by atoms with Gasteiger partial charge in [-0.3, -0.25) is 9.89 Å².